The highest BCUT2D eigenvalue weighted by Crippen LogP contribution is 2.17. The van der Waals surface area contributed by atoms with Crippen LogP contribution in [0, 0.1) is 5.92 Å². The van der Waals surface area contributed by atoms with Crippen LogP contribution in [0.4, 0.5) is 0 Å². The average Bonchev–Trinajstić information content (AvgIpc) is 2.46. The Morgan fingerprint density at radius 1 is 1.13 bits per heavy atom. The molecule has 0 amide bonds. The van der Waals surface area contributed by atoms with Crippen molar-refractivity contribution >= 4 is 0 Å². The van der Waals surface area contributed by atoms with Crippen molar-refractivity contribution in [1.82, 2.24) is 10.2 Å². The van der Waals surface area contributed by atoms with Crippen LogP contribution in [0.15, 0.2) is 0 Å². The first-order valence-electron chi connectivity index (χ1n) is 6.80. The van der Waals surface area contributed by atoms with Gasteiger partial charge in [0, 0.05) is 19.1 Å². The molecule has 0 aromatic heterocycles. The van der Waals surface area contributed by atoms with Crippen LogP contribution in [-0.2, 0) is 0 Å². The maximum Gasteiger partial charge on any atom is 0.0195 e. The molecule has 2 heterocycles. The molecule has 2 nitrogen and oxygen atoms in total. The largest absolute Gasteiger partial charge is 0.313 e. The van der Waals surface area contributed by atoms with Crippen LogP contribution in [0.2, 0.25) is 0 Å². The Balaban J connectivity index is 1.74. The summed E-state index contributed by atoms with van der Waals surface area (Å²) >= 11 is 0. The number of rotatable bonds is 2. The molecule has 2 heteroatoms. The Kier molecular flexibility index (Phi) is 4.45. The topological polar surface area (TPSA) is 15.3 Å². The molecule has 0 bridgehead atoms. The zero-order valence-corrected chi connectivity index (χ0v) is 10.2. The number of hydrogen-bond donors (Lipinski definition) is 1. The average molecular weight is 210 g/mol. The zero-order chi connectivity index (χ0) is 10.5. The van der Waals surface area contributed by atoms with Gasteiger partial charge in [-0.05, 0) is 44.7 Å². The van der Waals surface area contributed by atoms with E-state index in [1.165, 1.54) is 64.7 Å². The molecular formula is C13H26N2. The summed E-state index contributed by atoms with van der Waals surface area (Å²) in [5.41, 5.74) is 0. The second kappa shape index (κ2) is 5.86. The van der Waals surface area contributed by atoms with Gasteiger partial charge in [0.25, 0.3) is 0 Å². The quantitative estimate of drug-likeness (QED) is 0.752. The van der Waals surface area contributed by atoms with Crippen LogP contribution in [0.25, 0.3) is 0 Å². The van der Waals surface area contributed by atoms with E-state index < -0.39 is 0 Å². The summed E-state index contributed by atoms with van der Waals surface area (Å²) in [4.78, 5) is 2.68. The van der Waals surface area contributed by atoms with Gasteiger partial charge in [0.1, 0.15) is 0 Å². The van der Waals surface area contributed by atoms with Crippen LogP contribution in [-0.4, -0.2) is 37.1 Å². The van der Waals surface area contributed by atoms with E-state index in [9.17, 15) is 0 Å². The van der Waals surface area contributed by atoms with Gasteiger partial charge in [0.15, 0.2) is 0 Å². The lowest BCUT2D eigenvalue weighted by molar-refractivity contribution is 0.165. The molecule has 2 atom stereocenters. The van der Waals surface area contributed by atoms with Gasteiger partial charge >= 0.3 is 0 Å². The highest BCUT2D eigenvalue weighted by atomic mass is 15.2. The van der Waals surface area contributed by atoms with E-state index in [-0.39, 0.29) is 0 Å². The predicted octanol–water partition coefficient (Wildman–Crippen LogP) is 2.25. The minimum absolute atomic E-state index is 0.776. The first kappa shape index (κ1) is 11.4. The van der Waals surface area contributed by atoms with Gasteiger partial charge in [-0.3, -0.25) is 0 Å². The smallest absolute Gasteiger partial charge is 0.0195 e. The van der Waals surface area contributed by atoms with Gasteiger partial charge in [-0.15, -0.1) is 0 Å². The molecule has 1 N–H and O–H groups in total. The minimum atomic E-state index is 0.776. The molecule has 2 fully saturated rings. The van der Waals surface area contributed by atoms with Crippen molar-refractivity contribution in [3.63, 3.8) is 0 Å². The standard InChI is InChI=1S/C13H26N2/c1-12-6-5-9-15(10-12)11-13-7-3-2-4-8-14-13/h12-14H,2-11H2,1H3/t12-,13-/m1/s1. The molecular weight excluding hydrogens is 184 g/mol. The zero-order valence-electron chi connectivity index (χ0n) is 10.2. The van der Waals surface area contributed by atoms with Gasteiger partial charge in [-0.2, -0.15) is 0 Å². The fraction of sp³-hybridized carbons (Fsp3) is 1.00. The number of likely N-dealkylation sites (tertiary alicyclic amines) is 1. The first-order chi connectivity index (χ1) is 7.34. The lowest BCUT2D eigenvalue weighted by Crippen LogP contribution is -2.44. The van der Waals surface area contributed by atoms with Crippen molar-refractivity contribution in [1.29, 1.82) is 0 Å². The molecule has 2 saturated heterocycles. The molecule has 2 aliphatic rings. The molecule has 0 aromatic rings. The third-order valence-electron chi connectivity index (χ3n) is 3.88. The molecule has 88 valence electrons. The van der Waals surface area contributed by atoms with Gasteiger partial charge in [-0.25, -0.2) is 0 Å². The van der Waals surface area contributed by atoms with Crippen LogP contribution in [0.5, 0.6) is 0 Å². The SMILES string of the molecule is C[C@@H]1CCCN(C[C@H]2CCCCCN2)C1. The Bertz CT molecular complexity index is 173. The Labute approximate surface area is 94.4 Å². The van der Waals surface area contributed by atoms with E-state index in [0.717, 1.165) is 12.0 Å². The molecule has 0 aromatic carbocycles. The van der Waals surface area contributed by atoms with Crippen molar-refractivity contribution in [3.05, 3.63) is 0 Å². The predicted molar refractivity (Wildman–Crippen MR) is 65.1 cm³/mol. The van der Waals surface area contributed by atoms with Gasteiger partial charge in [0.05, 0.1) is 0 Å². The van der Waals surface area contributed by atoms with E-state index in [1.807, 2.05) is 0 Å². The Hall–Kier alpha value is -0.0800. The van der Waals surface area contributed by atoms with E-state index in [0.29, 0.717) is 0 Å². The third-order valence-corrected chi connectivity index (χ3v) is 3.88. The highest BCUT2D eigenvalue weighted by Gasteiger charge is 2.20. The second-order valence-electron chi connectivity index (χ2n) is 5.51. The van der Waals surface area contributed by atoms with E-state index in [1.54, 1.807) is 0 Å². The molecule has 0 saturated carbocycles. The van der Waals surface area contributed by atoms with Crippen molar-refractivity contribution < 1.29 is 0 Å². The lowest BCUT2D eigenvalue weighted by Gasteiger charge is -2.33. The highest BCUT2D eigenvalue weighted by molar-refractivity contribution is 4.78. The number of piperidine rings is 1. The van der Waals surface area contributed by atoms with Gasteiger partial charge < -0.3 is 10.2 Å². The lowest BCUT2D eigenvalue weighted by atomic mass is 9.99. The van der Waals surface area contributed by atoms with Crippen molar-refractivity contribution in [2.45, 2.75) is 51.5 Å². The van der Waals surface area contributed by atoms with Crippen molar-refractivity contribution in [3.8, 4) is 0 Å². The normalized spacial score (nSPS) is 35.0. The number of nitrogens with one attached hydrogen (secondary N) is 1. The fourth-order valence-corrected chi connectivity index (χ4v) is 3.02. The Morgan fingerprint density at radius 2 is 2.07 bits per heavy atom. The molecule has 0 aliphatic carbocycles. The fourth-order valence-electron chi connectivity index (χ4n) is 3.02. The van der Waals surface area contributed by atoms with Gasteiger partial charge in [0.2, 0.25) is 0 Å². The summed E-state index contributed by atoms with van der Waals surface area (Å²) in [5.74, 6) is 0.921. The summed E-state index contributed by atoms with van der Waals surface area (Å²) in [6.07, 6.45) is 8.49. The molecule has 2 rings (SSSR count). The summed E-state index contributed by atoms with van der Waals surface area (Å²) < 4.78 is 0. The summed E-state index contributed by atoms with van der Waals surface area (Å²) in [5, 5.41) is 3.70. The molecule has 0 radical (unpaired) electrons. The molecule has 2 aliphatic heterocycles. The summed E-state index contributed by atoms with van der Waals surface area (Å²) in [6.45, 7) is 7.60. The van der Waals surface area contributed by atoms with Crippen LogP contribution < -0.4 is 5.32 Å². The van der Waals surface area contributed by atoms with E-state index >= 15 is 0 Å². The van der Waals surface area contributed by atoms with Crippen molar-refractivity contribution in [2.75, 3.05) is 26.2 Å². The maximum absolute atomic E-state index is 3.70. The minimum Gasteiger partial charge on any atom is -0.313 e. The Morgan fingerprint density at radius 3 is 2.93 bits per heavy atom. The van der Waals surface area contributed by atoms with Crippen LogP contribution >= 0.6 is 0 Å². The number of nitrogens with zero attached hydrogens (tertiary/aromatic N) is 1. The van der Waals surface area contributed by atoms with Crippen LogP contribution in [0.1, 0.15) is 45.4 Å². The van der Waals surface area contributed by atoms with Gasteiger partial charge in [-0.1, -0.05) is 19.8 Å². The maximum atomic E-state index is 3.70. The number of hydrogen-bond acceptors (Lipinski definition) is 2. The summed E-state index contributed by atoms with van der Waals surface area (Å²) in [6, 6.07) is 0.776. The summed E-state index contributed by atoms with van der Waals surface area (Å²) in [7, 11) is 0. The van der Waals surface area contributed by atoms with E-state index in [2.05, 4.69) is 17.1 Å². The third kappa shape index (κ3) is 3.76. The molecule has 15 heavy (non-hydrogen) atoms. The molecule has 0 unspecified atom stereocenters. The first-order valence-corrected chi connectivity index (χ1v) is 6.80. The van der Waals surface area contributed by atoms with E-state index in [4.69, 9.17) is 0 Å². The molecule has 0 spiro atoms. The van der Waals surface area contributed by atoms with Crippen LogP contribution in [0.3, 0.4) is 0 Å². The second-order valence-corrected chi connectivity index (χ2v) is 5.51. The van der Waals surface area contributed by atoms with Crippen molar-refractivity contribution in [2.24, 2.45) is 5.92 Å². The monoisotopic (exact) mass is 210 g/mol.